The molecule has 1 aliphatic heterocycles. The highest BCUT2D eigenvalue weighted by Gasteiger charge is 2.25. The molecule has 2 aromatic rings. The summed E-state index contributed by atoms with van der Waals surface area (Å²) in [6.45, 7) is 6.65. The molecule has 1 saturated heterocycles. The molecular weight excluding hydrogens is 330 g/mol. The Morgan fingerprint density at radius 1 is 1.04 bits per heavy atom. The number of benzene rings is 2. The van der Waals surface area contributed by atoms with Gasteiger partial charge < -0.3 is 9.64 Å². The lowest BCUT2D eigenvalue weighted by molar-refractivity contribution is -0.914. The van der Waals surface area contributed by atoms with Crippen LogP contribution < -0.4 is 15.8 Å². The molecule has 0 spiro atoms. The standard InChI is InChI=1S/C20H25N3O3/c1-14-12-23(13-15(2)26-14)10-9-19(24)21-22-20(25)18-8-7-16-5-3-4-6-17(16)11-18/h3-8,11,14-15H,9-10,12-13H2,1-2H3,(H,21,24)(H,22,25)/p+1/t14-,15-/m0/s1. The van der Waals surface area contributed by atoms with E-state index >= 15 is 0 Å². The third kappa shape index (κ3) is 4.80. The maximum Gasteiger partial charge on any atom is 0.269 e. The fourth-order valence-electron chi connectivity index (χ4n) is 3.48. The molecule has 2 aromatic carbocycles. The summed E-state index contributed by atoms with van der Waals surface area (Å²) in [6.07, 6.45) is 0.793. The second kappa shape index (κ2) is 8.29. The quantitative estimate of drug-likeness (QED) is 0.706. The van der Waals surface area contributed by atoms with Crippen LogP contribution in [-0.4, -0.2) is 43.7 Å². The van der Waals surface area contributed by atoms with Gasteiger partial charge in [0, 0.05) is 5.56 Å². The normalized spacial score (nSPS) is 22.8. The molecule has 2 atom stereocenters. The van der Waals surface area contributed by atoms with Crippen molar-refractivity contribution in [1.29, 1.82) is 0 Å². The molecule has 0 aromatic heterocycles. The number of hydrazine groups is 1. The van der Waals surface area contributed by atoms with E-state index in [0.717, 1.165) is 30.4 Å². The fourth-order valence-corrected chi connectivity index (χ4v) is 3.48. The van der Waals surface area contributed by atoms with Crippen LogP contribution in [0.4, 0.5) is 0 Å². The van der Waals surface area contributed by atoms with Crippen LogP contribution in [0.15, 0.2) is 42.5 Å². The van der Waals surface area contributed by atoms with Crippen molar-refractivity contribution in [3.63, 3.8) is 0 Å². The van der Waals surface area contributed by atoms with Gasteiger partial charge in [0.05, 0.1) is 13.0 Å². The molecule has 1 fully saturated rings. The molecule has 1 heterocycles. The number of rotatable bonds is 4. The minimum Gasteiger partial charge on any atom is -0.364 e. The number of ether oxygens (including phenoxy) is 1. The summed E-state index contributed by atoms with van der Waals surface area (Å²) >= 11 is 0. The molecule has 0 aliphatic carbocycles. The number of quaternary nitrogens is 1. The Hall–Kier alpha value is -2.44. The van der Waals surface area contributed by atoms with Crippen LogP contribution in [0.1, 0.15) is 30.6 Å². The number of nitrogens with one attached hydrogen (secondary N) is 3. The van der Waals surface area contributed by atoms with Gasteiger partial charge in [-0.2, -0.15) is 0 Å². The maximum absolute atomic E-state index is 12.2. The predicted octanol–water partition coefficient (Wildman–Crippen LogP) is 0.683. The van der Waals surface area contributed by atoms with Gasteiger partial charge in [0.2, 0.25) is 5.91 Å². The topological polar surface area (TPSA) is 71.9 Å². The average Bonchev–Trinajstić information content (AvgIpc) is 2.63. The Morgan fingerprint density at radius 2 is 1.73 bits per heavy atom. The van der Waals surface area contributed by atoms with E-state index in [-0.39, 0.29) is 24.0 Å². The first kappa shape index (κ1) is 18.4. The Labute approximate surface area is 153 Å². The van der Waals surface area contributed by atoms with Crippen molar-refractivity contribution < 1.29 is 19.2 Å². The zero-order valence-corrected chi connectivity index (χ0v) is 15.2. The van der Waals surface area contributed by atoms with E-state index in [1.165, 1.54) is 4.90 Å². The Kier molecular flexibility index (Phi) is 5.85. The summed E-state index contributed by atoms with van der Waals surface area (Å²) < 4.78 is 5.70. The van der Waals surface area contributed by atoms with Crippen molar-refractivity contribution in [2.24, 2.45) is 0 Å². The van der Waals surface area contributed by atoms with Gasteiger partial charge in [-0.3, -0.25) is 20.4 Å². The van der Waals surface area contributed by atoms with Crippen molar-refractivity contribution >= 4 is 22.6 Å². The number of fused-ring (bicyclic) bond motifs is 1. The molecule has 6 heteroatoms. The molecular formula is C20H26N3O3+. The van der Waals surface area contributed by atoms with Crippen LogP contribution in [-0.2, 0) is 9.53 Å². The lowest BCUT2D eigenvalue weighted by Crippen LogP contribution is -3.15. The molecule has 0 radical (unpaired) electrons. The lowest BCUT2D eigenvalue weighted by atomic mass is 10.1. The van der Waals surface area contributed by atoms with E-state index in [4.69, 9.17) is 4.74 Å². The smallest absolute Gasteiger partial charge is 0.269 e. The first-order valence-corrected chi connectivity index (χ1v) is 9.08. The molecule has 3 rings (SSSR count). The van der Waals surface area contributed by atoms with Crippen molar-refractivity contribution in [1.82, 2.24) is 10.9 Å². The van der Waals surface area contributed by atoms with Crippen LogP contribution in [0.3, 0.4) is 0 Å². The van der Waals surface area contributed by atoms with Crippen molar-refractivity contribution in [2.45, 2.75) is 32.5 Å². The first-order chi connectivity index (χ1) is 12.5. The maximum atomic E-state index is 12.2. The Balaban J connectivity index is 1.46. The number of hydrogen-bond donors (Lipinski definition) is 3. The van der Waals surface area contributed by atoms with Gasteiger partial charge in [-0.1, -0.05) is 30.3 Å². The van der Waals surface area contributed by atoms with Crippen LogP contribution >= 0.6 is 0 Å². The number of carbonyl (C=O) groups excluding carboxylic acids is 2. The third-order valence-electron chi connectivity index (χ3n) is 4.65. The zero-order chi connectivity index (χ0) is 18.5. The van der Waals surface area contributed by atoms with Crippen molar-refractivity contribution in [3.8, 4) is 0 Å². The number of amides is 2. The van der Waals surface area contributed by atoms with Gasteiger partial charge in [0.25, 0.3) is 5.91 Å². The summed E-state index contributed by atoms with van der Waals surface area (Å²) in [5.74, 6) is -0.497. The molecule has 3 N–H and O–H groups in total. The van der Waals surface area contributed by atoms with Crippen LogP contribution in [0.25, 0.3) is 10.8 Å². The van der Waals surface area contributed by atoms with E-state index in [1.54, 1.807) is 6.07 Å². The van der Waals surface area contributed by atoms with E-state index in [1.807, 2.05) is 36.4 Å². The Morgan fingerprint density at radius 3 is 2.46 bits per heavy atom. The highest BCUT2D eigenvalue weighted by atomic mass is 16.5. The monoisotopic (exact) mass is 356 g/mol. The van der Waals surface area contributed by atoms with Crippen LogP contribution in [0.2, 0.25) is 0 Å². The first-order valence-electron chi connectivity index (χ1n) is 9.08. The summed E-state index contributed by atoms with van der Waals surface area (Å²) in [5.41, 5.74) is 5.52. The van der Waals surface area contributed by atoms with Gasteiger partial charge in [-0.15, -0.1) is 0 Å². The van der Waals surface area contributed by atoms with Gasteiger partial charge in [-0.05, 0) is 36.8 Å². The zero-order valence-electron chi connectivity index (χ0n) is 15.2. The minimum absolute atomic E-state index is 0.182. The number of morpholine rings is 1. The molecule has 26 heavy (non-hydrogen) atoms. The van der Waals surface area contributed by atoms with Crippen molar-refractivity contribution in [3.05, 3.63) is 48.0 Å². The molecule has 1 aliphatic rings. The summed E-state index contributed by atoms with van der Waals surface area (Å²) in [6, 6.07) is 13.3. The largest absolute Gasteiger partial charge is 0.364 e. The highest BCUT2D eigenvalue weighted by Crippen LogP contribution is 2.15. The second-order valence-electron chi connectivity index (χ2n) is 6.98. The summed E-state index contributed by atoms with van der Waals surface area (Å²) in [7, 11) is 0. The van der Waals surface area contributed by atoms with Gasteiger partial charge in [-0.25, -0.2) is 0 Å². The van der Waals surface area contributed by atoms with E-state index in [0.29, 0.717) is 12.0 Å². The number of hydrogen-bond acceptors (Lipinski definition) is 3. The third-order valence-corrected chi connectivity index (χ3v) is 4.65. The minimum atomic E-state index is -0.315. The molecule has 6 nitrogen and oxygen atoms in total. The van der Waals surface area contributed by atoms with Gasteiger partial charge in [0.15, 0.2) is 0 Å². The van der Waals surface area contributed by atoms with E-state index < -0.39 is 0 Å². The highest BCUT2D eigenvalue weighted by molar-refractivity contribution is 5.99. The molecule has 0 unspecified atom stereocenters. The predicted molar refractivity (Wildman–Crippen MR) is 99.7 cm³/mol. The van der Waals surface area contributed by atoms with Crippen molar-refractivity contribution in [2.75, 3.05) is 19.6 Å². The number of carbonyl (C=O) groups is 2. The fraction of sp³-hybridized carbons (Fsp3) is 0.400. The summed E-state index contributed by atoms with van der Waals surface area (Å²) in [5, 5.41) is 2.07. The molecule has 138 valence electrons. The van der Waals surface area contributed by atoms with Crippen LogP contribution in [0.5, 0.6) is 0 Å². The van der Waals surface area contributed by atoms with E-state index in [9.17, 15) is 9.59 Å². The summed E-state index contributed by atoms with van der Waals surface area (Å²) in [4.78, 5) is 25.6. The SMILES string of the molecule is C[C@H]1C[NH+](CCC(=O)NNC(=O)c2ccc3ccccc3c2)C[C@H](C)O1. The molecule has 2 amide bonds. The van der Waals surface area contributed by atoms with E-state index in [2.05, 4.69) is 24.7 Å². The van der Waals surface area contributed by atoms with Gasteiger partial charge in [0.1, 0.15) is 25.3 Å². The van der Waals surface area contributed by atoms with Gasteiger partial charge >= 0.3 is 0 Å². The lowest BCUT2D eigenvalue weighted by Gasteiger charge is -2.32. The molecule has 0 bridgehead atoms. The second-order valence-corrected chi connectivity index (χ2v) is 6.98. The average molecular weight is 356 g/mol. The molecule has 0 saturated carbocycles. The Bertz CT molecular complexity index is 783. The van der Waals surface area contributed by atoms with Crippen LogP contribution in [0, 0.1) is 0 Å².